The van der Waals surface area contributed by atoms with Gasteiger partial charge in [0.15, 0.2) is 0 Å². The van der Waals surface area contributed by atoms with Crippen molar-refractivity contribution in [2.75, 3.05) is 4.90 Å². The highest BCUT2D eigenvalue weighted by Crippen LogP contribution is 2.52. The second-order valence-corrected chi connectivity index (χ2v) is 15.6. The van der Waals surface area contributed by atoms with Gasteiger partial charge < -0.3 is 9.32 Å². The highest BCUT2D eigenvalue weighted by atomic mass is 16.3. The Hall–Kier alpha value is -7.16. The summed E-state index contributed by atoms with van der Waals surface area (Å²) in [5, 5.41) is 4.75. The van der Waals surface area contributed by atoms with E-state index in [0.717, 1.165) is 50.1 Å². The zero-order chi connectivity index (χ0) is 38.1. The SMILES string of the molecule is CC1(C)c2ccccc2-c2ccc(N(c3ccc(-c4ccc(-c5ccccc5)c5ccccc45)cc3)c3ccccc3-c3cccc4oc5ccccc5c34)cc21. The van der Waals surface area contributed by atoms with Crippen LogP contribution in [0.4, 0.5) is 17.1 Å². The molecule has 270 valence electrons. The molecule has 57 heavy (non-hydrogen) atoms. The van der Waals surface area contributed by atoms with E-state index in [2.05, 4.69) is 213 Å². The Bertz CT molecular complexity index is 3150. The van der Waals surface area contributed by atoms with Gasteiger partial charge in [-0.15, -0.1) is 0 Å². The van der Waals surface area contributed by atoms with Crippen LogP contribution in [0.15, 0.2) is 205 Å². The zero-order valence-corrected chi connectivity index (χ0v) is 31.9. The summed E-state index contributed by atoms with van der Waals surface area (Å²) >= 11 is 0. The summed E-state index contributed by atoms with van der Waals surface area (Å²) in [6.07, 6.45) is 0. The molecule has 11 rings (SSSR count). The maximum atomic E-state index is 6.39. The number of anilines is 3. The van der Waals surface area contributed by atoms with Crippen molar-refractivity contribution in [1.82, 2.24) is 0 Å². The normalized spacial score (nSPS) is 12.9. The Balaban J connectivity index is 1.10. The summed E-state index contributed by atoms with van der Waals surface area (Å²) in [6.45, 7) is 4.71. The number of rotatable bonds is 6. The predicted molar refractivity (Wildman–Crippen MR) is 240 cm³/mol. The molecule has 1 aromatic heterocycles. The number of furan rings is 1. The number of benzene rings is 9. The van der Waals surface area contributed by atoms with Crippen molar-refractivity contribution in [3.63, 3.8) is 0 Å². The molecule has 0 N–H and O–H groups in total. The van der Waals surface area contributed by atoms with Gasteiger partial charge in [0.2, 0.25) is 0 Å². The fourth-order valence-corrected chi connectivity index (χ4v) is 9.36. The molecule has 0 saturated carbocycles. The lowest BCUT2D eigenvalue weighted by atomic mass is 9.82. The second kappa shape index (κ2) is 13.0. The maximum absolute atomic E-state index is 6.39. The Morgan fingerprint density at radius 3 is 1.68 bits per heavy atom. The van der Waals surface area contributed by atoms with Crippen LogP contribution in [-0.4, -0.2) is 0 Å². The Morgan fingerprint density at radius 2 is 0.912 bits per heavy atom. The summed E-state index contributed by atoms with van der Waals surface area (Å²) in [5.74, 6) is 0. The topological polar surface area (TPSA) is 16.4 Å². The van der Waals surface area contributed by atoms with Gasteiger partial charge in [0, 0.05) is 33.1 Å². The van der Waals surface area contributed by atoms with E-state index in [1.54, 1.807) is 0 Å². The summed E-state index contributed by atoms with van der Waals surface area (Å²) in [6, 6.07) is 72.6. The molecule has 1 aliphatic rings. The van der Waals surface area contributed by atoms with Gasteiger partial charge in [0.25, 0.3) is 0 Å². The number of hydrogen-bond acceptors (Lipinski definition) is 2. The lowest BCUT2D eigenvalue weighted by Gasteiger charge is -2.30. The largest absolute Gasteiger partial charge is 0.456 e. The molecule has 2 heteroatoms. The molecule has 0 amide bonds. The minimum Gasteiger partial charge on any atom is -0.456 e. The predicted octanol–water partition coefficient (Wildman–Crippen LogP) is 15.5. The van der Waals surface area contributed by atoms with Crippen molar-refractivity contribution in [2.24, 2.45) is 0 Å². The van der Waals surface area contributed by atoms with E-state index in [9.17, 15) is 0 Å². The van der Waals surface area contributed by atoms with Crippen molar-refractivity contribution in [3.8, 4) is 44.5 Å². The molecule has 0 radical (unpaired) electrons. The van der Waals surface area contributed by atoms with Gasteiger partial charge in [0.05, 0.1) is 5.69 Å². The summed E-state index contributed by atoms with van der Waals surface area (Å²) < 4.78 is 6.39. The van der Waals surface area contributed by atoms with E-state index in [4.69, 9.17) is 4.42 Å². The third-order valence-corrected chi connectivity index (χ3v) is 12.1. The average Bonchev–Trinajstić information content (AvgIpc) is 3.76. The molecule has 0 bridgehead atoms. The van der Waals surface area contributed by atoms with E-state index >= 15 is 0 Å². The molecule has 1 heterocycles. The first-order chi connectivity index (χ1) is 28.0. The Morgan fingerprint density at radius 1 is 0.368 bits per heavy atom. The Labute approximate surface area is 332 Å². The molecule has 10 aromatic rings. The zero-order valence-electron chi connectivity index (χ0n) is 31.9. The van der Waals surface area contributed by atoms with Crippen LogP contribution >= 0.6 is 0 Å². The molecule has 0 spiro atoms. The average molecular weight is 730 g/mol. The van der Waals surface area contributed by atoms with Crippen molar-refractivity contribution in [1.29, 1.82) is 0 Å². The number of nitrogens with zero attached hydrogens (tertiary/aromatic N) is 1. The van der Waals surface area contributed by atoms with E-state index < -0.39 is 0 Å². The highest BCUT2D eigenvalue weighted by molar-refractivity contribution is 6.14. The fourth-order valence-electron chi connectivity index (χ4n) is 9.36. The first-order valence-electron chi connectivity index (χ1n) is 19.8. The summed E-state index contributed by atoms with van der Waals surface area (Å²) in [5.41, 5.74) is 17.5. The maximum Gasteiger partial charge on any atom is 0.136 e. The van der Waals surface area contributed by atoms with E-state index in [-0.39, 0.29) is 5.41 Å². The van der Waals surface area contributed by atoms with Gasteiger partial charge in [-0.3, -0.25) is 0 Å². The van der Waals surface area contributed by atoms with E-state index in [1.807, 2.05) is 6.07 Å². The van der Waals surface area contributed by atoms with E-state index in [0.29, 0.717) is 0 Å². The second-order valence-electron chi connectivity index (χ2n) is 15.6. The minimum atomic E-state index is -0.134. The molecular weight excluding hydrogens is 691 g/mol. The van der Waals surface area contributed by atoms with Gasteiger partial charge in [-0.2, -0.15) is 0 Å². The van der Waals surface area contributed by atoms with Crippen molar-refractivity contribution >= 4 is 49.8 Å². The lowest BCUT2D eigenvalue weighted by Crippen LogP contribution is -2.16. The first kappa shape index (κ1) is 33.2. The first-order valence-corrected chi connectivity index (χ1v) is 19.8. The minimum absolute atomic E-state index is 0.134. The molecule has 1 aliphatic carbocycles. The number of fused-ring (bicyclic) bond motifs is 7. The fraction of sp³-hybridized carbons (Fsp3) is 0.0545. The molecular formula is C55H39NO. The number of para-hydroxylation sites is 2. The molecule has 0 atom stereocenters. The molecule has 0 aliphatic heterocycles. The standard InChI is InChI=1S/C55H39NO/c1-55(2)49-23-11-8-19-44(49)45-32-31-39(35-50(45)55)56(51-24-12-9-20-46(51)47-22-14-26-53-54(47)48-21-10-13-25-52(48)57-53)38-29-27-37(28-30-38)41-34-33-40(36-15-4-3-5-16-36)42-17-6-7-18-43(41)42/h3-35H,1-2H3. The molecule has 0 unspecified atom stereocenters. The van der Waals surface area contributed by atoms with Crippen LogP contribution in [0.5, 0.6) is 0 Å². The monoisotopic (exact) mass is 729 g/mol. The smallest absolute Gasteiger partial charge is 0.136 e. The van der Waals surface area contributed by atoms with Crippen LogP contribution in [0, 0.1) is 0 Å². The highest BCUT2D eigenvalue weighted by Gasteiger charge is 2.36. The third-order valence-electron chi connectivity index (χ3n) is 12.1. The van der Waals surface area contributed by atoms with E-state index in [1.165, 1.54) is 55.3 Å². The van der Waals surface area contributed by atoms with Crippen LogP contribution in [0.25, 0.3) is 77.2 Å². The van der Waals surface area contributed by atoms with Gasteiger partial charge in [-0.05, 0) is 103 Å². The molecule has 0 fully saturated rings. The Kier molecular flexibility index (Phi) is 7.55. The van der Waals surface area contributed by atoms with Crippen LogP contribution in [0.3, 0.4) is 0 Å². The van der Waals surface area contributed by atoms with Crippen LogP contribution in [0.2, 0.25) is 0 Å². The van der Waals surface area contributed by atoms with Gasteiger partial charge in [0.1, 0.15) is 11.2 Å². The quantitative estimate of drug-likeness (QED) is 0.169. The molecule has 2 nitrogen and oxygen atoms in total. The summed E-state index contributed by atoms with van der Waals surface area (Å²) in [7, 11) is 0. The number of hydrogen-bond donors (Lipinski definition) is 0. The third kappa shape index (κ3) is 5.25. The van der Waals surface area contributed by atoms with Crippen LogP contribution < -0.4 is 4.90 Å². The van der Waals surface area contributed by atoms with Crippen molar-refractivity contribution < 1.29 is 4.42 Å². The molecule has 0 saturated heterocycles. The van der Waals surface area contributed by atoms with Crippen LogP contribution in [0.1, 0.15) is 25.0 Å². The molecule has 9 aromatic carbocycles. The van der Waals surface area contributed by atoms with Crippen LogP contribution in [-0.2, 0) is 5.41 Å². The van der Waals surface area contributed by atoms with Gasteiger partial charge in [-0.25, -0.2) is 0 Å². The van der Waals surface area contributed by atoms with Crippen molar-refractivity contribution in [2.45, 2.75) is 19.3 Å². The van der Waals surface area contributed by atoms with Gasteiger partial charge in [-0.1, -0.05) is 172 Å². The van der Waals surface area contributed by atoms with Gasteiger partial charge >= 0.3 is 0 Å². The van der Waals surface area contributed by atoms with Crippen molar-refractivity contribution in [3.05, 3.63) is 211 Å². The lowest BCUT2D eigenvalue weighted by molar-refractivity contribution is 0.660. The summed E-state index contributed by atoms with van der Waals surface area (Å²) in [4.78, 5) is 2.44.